The van der Waals surface area contributed by atoms with E-state index in [0.29, 0.717) is 23.9 Å². The molecule has 2 fully saturated rings. The highest BCUT2D eigenvalue weighted by molar-refractivity contribution is 6.07. The van der Waals surface area contributed by atoms with Gasteiger partial charge in [0, 0.05) is 35.7 Å². The first kappa shape index (κ1) is 18.3. The Morgan fingerprint density at radius 1 is 1.29 bits per heavy atom. The number of carbonyl (C=O) groups is 3. The number of nitrogens with one attached hydrogen (secondary N) is 1. The topological polar surface area (TPSA) is 89.9 Å². The number of hydrogen-bond donors (Lipinski definition) is 1. The predicted molar refractivity (Wildman–Crippen MR) is 101 cm³/mol. The molecule has 1 saturated carbocycles. The van der Waals surface area contributed by atoms with Gasteiger partial charge in [0.2, 0.25) is 0 Å². The Labute approximate surface area is 162 Å². The Bertz CT molecular complexity index is 976. The lowest BCUT2D eigenvalue weighted by Gasteiger charge is -2.18. The maximum atomic E-state index is 13.0. The lowest BCUT2D eigenvalue weighted by atomic mass is 10.1. The molecule has 1 aliphatic heterocycles. The zero-order valence-electron chi connectivity index (χ0n) is 16.2. The molecule has 1 aliphatic carbocycles. The molecule has 1 saturated heterocycles. The van der Waals surface area contributed by atoms with Crippen LogP contribution in [-0.4, -0.2) is 53.7 Å². The van der Waals surface area contributed by atoms with Gasteiger partial charge in [-0.15, -0.1) is 0 Å². The summed E-state index contributed by atoms with van der Waals surface area (Å²) in [5.41, 5.74) is 2.20. The molecule has 0 radical (unpaired) electrons. The number of imide groups is 1. The average molecular weight is 385 g/mol. The Balaban J connectivity index is 1.66. The number of urea groups is 1. The Morgan fingerprint density at radius 3 is 2.64 bits per heavy atom. The Morgan fingerprint density at radius 2 is 2.04 bits per heavy atom. The number of methoxy groups -OCH3 is 1. The van der Waals surface area contributed by atoms with E-state index in [1.54, 1.807) is 7.11 Å². The van der Waals surface area contributed by atoms with Crippen molar-refractivity contribution >= 4 is 28.8 Å². The number of amides is 3. The van der Waals surface area contributed by atoms with E-state index < -0.39 is 24.0 Å². The van der Waals surface area contributed by atoms with E-state index in [1.807, 2.05) is 25.1 Å². The van der Waals surface area contributed by atoms with E-state index in [-0.39, 0.29) is 6.54 Å². The van der Waals surface area contributed by atoms with Crippen molar-refractivity contribution in [1.82, 2.24) is 14.8 Å². The van der Waals surface area contributed by atoms with Gasteiger partial charge < -0.3 is 19.4 Å². The van der Waals surface area contributed by atoms with Crippen LogP contribution in [0.4, 0.5) is 4.79 Å². The van der Waals surface area contributed by atoms with Gasteiger partial charge in [0.05, 0.1) is 12.7 Å². The molecule has 4 rings (SSSR count). The molecule has 1 aromatic heterocycles. The van der Waals surface area contributed by atoms with Crippen LogP contribution >= 0.6 is 0 Å². The van der Waals surface area contributed by atoms with Crippen LogP contribution in [0.1, 0.15) is 41.9 Å². The number of ether oxygens (including phenoxy) is 2. The second-order valence-electron chi connectivity index (χ2n) is 7.21. The van der Waals surface area contributed by atoms with Crippen LogP contribution in [0.2, 0.25) is 0 Å². The zero-order chi connectivity index (χ0) is 20.0. The van der Waals surface area contributed by atoms with E-state index in [2.05, 4.69) is 9.88 Å². The molecule has 0 unspecified atom stereocenters. The van der Waals surface area contributed by atoms with E-state index in [4.69, 9.17) is 9.47 Å². The number of nitrogens with zero attached hydrogens (tertiary/aromatic N) is 2. The third-order valence-electron chi connectivity index (χ3n) is 5.33. The maximum Gasteiger partial charge on any atom is 0.341 e. The molecule has 2 aliphatic rings. The highest BCUT2D eigenvalue weighted by atomic mass is 16.5. The third kappa shape index (κ3) is 2.98. The van der Waals surface area contributed by atoms with E-state index >= 15 is 0 Å². The SMILES string of the molecule is COc1ccc2c(c1)c(C(=O)O[C@@H](C)C(=O)N1CCNC1=O)c(C)n2C1CC1. The van der Waals surface area contributed by atoms with Crippen LogP contribution in [0.5, 0.6) is 5.75 Å². The summed E-state index contributed by atoms with van der Waals surface area (Å²) in [7, 11) is 1.58. The van der Waals surface area contributed by atoms with E-state index in [0.717, 1.165) is 34.3 Å². The quantitative estimate of drug-likeness (QED) is 0.798. The molecule has 1 atom stereocenters. The third-order valence-corrected chi connectivity index (χ3v) is 5.33. The normalized spacial score (nSPS) is 17.5. The lowest BCUT2D eigenvalue weighted by molar-refractivity contribution is -0.136. The molecule has 1 N–H and O–H groups in total. The molecule has 148 valence electrons. The molecule has 2 heterocycles. The van der Waals surface area contributed by atoms with Gasteiger partial charge in [-0.05, 0) is 44.9 Å². The van der Waals surface area contributed by atoms with E-state index in [9.17, 15) is 14.4 Å². The highest BCUT2D eigenvalue weighted by Gasteiger charge is 2.34. The van der Waals surface area contributed by atoms with Crippen molar-refractivity contribution in [1.29, 1.82) is 0 Å². The first-order valence-electron chi connectivity index (χ1n) is 9.41. The van der Waals surface area contributed by atoms with Gasteiger partial charge in [-0.1, -0.05) is 0 Å². The second-order valence-corrected chi connectivity index (χ2v) is 7.21. The van der Waals surface area contributed by atoms with Crippen molar-refractivity contribution in [2.24, 2.45) is 0 Å². The largest absolute Gasteiger partial charge is 0.497 e. The fraction of sp³-hybridized carbons (Fsp3) is 0.450. The van der Waals surface area contributed by atoms with Crippen molar-refractivity contribution in [2.45, 2.75) is 38.8 Å². The number of aromatic nitrogens is 1. The van der Waals surface area contributed by atoms with E-state index in [1.165, 1.54) is 6.92 Å². The summed E-state index contributed by atoms with van der Waals surface area (Å²) in [6, 6.07) is 5.55. The smallest absolute Gasteiger partial charge is 0.341 e. The molecule has 3 amide bonds. The first-order chi connectivity index (χ1) is 13.4. The van der Waals surface area contributed by atoms with Crippen molar-refractivity contribution in [3.05, 3.63) is 29.5 Å². The number of fused-ring (bicyclic) bond motifs is 1. The summed E-state index contributed by atoms with van der Waals surface area (Å²) in [5, 5.41) is 3.31. The van der Waals surface area contributed by atoms with Crippen LogP contribution in [0.25, 0.3) is 10.9 Å². The standard InChI is InChI=1S/C20H23N3O5/c1-11-17(19(25)28-12(2)18(24)22-9-8-21-20(22)26)15-10-14(27-3)6-7-16(15)23(11)13-4-5-13/h6-7,10,12-13H,4-5,8-9H2,1-3H3,(H,21,26)/t12-/m0/s1. The number of rotatable bonds is 5. The van der Waals surface area contributed by atoms with Crippen molar-refractivity contribution < 1.29 is 23.9 Å². The summed E-state index contributed by atoms with van der Waals surface area (Å²) < 4.78 is 12.9. The molecule has 2 aromatic rings. The summed E-state index contributed by atoms with van der Waals surface area (Å²) in [5.74, 6) is -0.451. The maximum absolute atomic E-state index is 13.0. The first-order valence-corrected chi connectivity index (χ1v) is 9.41. The fourth-order valence-corrected chi connectivity index (χ4v) is 3.78. The van der Waals surface area contributed by atoms with Crippen LogP contribution in [0, 0.1) is 6.92 Å². The van der Waals surface area contributed by atoms with Crippen LogP contribution < -0.4 is 10.1 Å². The molecule has 8 nitrogen and oxygen atoms in total. The summed E-state index contributed by atoms with van der Waals surface area (Å²) in [4.78, 5) is 38.2. The minimum absolute atomic E-state index is 0.275. The lowest BCUT2D eigenvalue weighted by Crippen LogP contribution is -2.41. The van der Waals surface area contributed by atoms with Crippen LogP contribution in [0.15, 0.2) is 18.2 Å². The van der Waals surface area contributed by atoms with Gasteiger partial charge in [0.1, 0.15) is 5.75 Å². The molecule has 0 spiro atoms. The van der Waals surface area contributed by atoms with Gasteiger partial charge >= 0.3 is 12.0 Å². The minimum Gasteiger partial charge on any atom is -0.497 e. The fourth-order valence-electron chi connectivity index (χ4n) is 3.78. The molecule has 0 bridgehead atoms. The Kier molecular flexibility index (Phi) is 4.49. The van der Waals surface area contributed by atoms with Crippen LogP contribution in [0.3, 0.4) is 0 Å². The average Bonchev–Trinajstić information content (AvgIpc) is 3.34. The number of carbonyl (C=O) groups excluding carboxylic acids is 3. The Hall–Kier alpha value is -3.03. The van der Waals surface area contributed by atoms with Gasteiger partial charge in [0.15, 0.2) is 6.10 Å². The second kappa shape index (κ2) is 6.85. The monoisotopic (exact) mass is 385 g/mol. The highest BCUT2D eigenvalue weighted by Crippen LogP contribution is 2.42. The summed E-state index contributed by atoms with van der Waals surface area (Å²) in [6.07, 6.45) is 1.09. The molecule has 8 heteroatoms. The van der Waals surface area contributed by atoms with Gasteiger partial charge in [-0.2, -0.15) is 0 Å². The minimum atomic E-state index is -1.05. The van der Waals surface area contributed by atoms with Gasteiger partial charge in [-0.25, -0.2) is 9.59 Å². The number of hydrogen-bond acceptors (Lipinski definition) is 5. The molecular formula is C20H23N3O5. The van der Waals surface area contributed by atoms with Crippen molar-refractivity contribution in [3.8, 4) is 5.75 Å². The summed E-state index contributed by atoms with van der Waals surface area (Å²) >= 11 is 0. The number of benzene rings is 1. The molecule has 1 aromatic carbocycles. The number of esters is 1. The predicted octanol–water partition coefficient (Wildman–Crippen LogP) is 2.39. The van der Waals surface area contributed by atoms with Crippen molar-refractivity contribution in [3.63, 3.8) is 0 Å². The molecular weight excluding hydrogens is 362 g/mol. The van der Waals surface area contributed by atoms with Gasteiger partial charge in [-0.3, -0.25) is 9.69 Å². The van der Waals surface area contributed by atoms with Crippen molar-refractivity contribution in [2.75, 3.05) is 20.2 Å². The zero-order valence-corrected chi connectivity index (χ0v) is 16.2. The van der Waals surface area contributed by atoms with Gasteiger partial charge in [0.25, 0.3) is 5.91 Å². The molecule has 28 heavy (non-hydrogen) atoms. The van der Waals surface area contributed by atoms with Crippen LogP contribution in [-0.2, 0) is 9.53 Å². The summed E-state index contributed by atoms with van der Waals surface area (Å²) in [6.45, 7) is 4.05.